The maximum Gasteiger partial charge on any atom is 0.269 e. The molecule has 1 N–H and O–H groups in total. The summed E-state index contributed by atoms with van der Waals surface area (Å²) in [6.07, 6.45) is 1.71. The predicted molar refractivity (Wildman–Crippen MR) is 125 cm³/mol. The molecule has 1 saturated heterocycles. The van der Waals surface area contributed by atoms with Gasteiger partial charge in [-0.05, 0) is 72.9 Å². The second-order valence-electron chi connectivity index (χ2n) is 7.48. The molecule has 0 unspecified atom stereocenters. The van der Waals surface area contributed by atoms with Crippen molar-refractivity contribution in [2.75, 3.05) is 4.90 Å². The normalized spacial score (nSPS) is 17.7. The lowest BCUT2D eigenvalue weighted by Gasteiger charge is -2.26. The van der Waals surface area contributed by atoms with Gasteiger partial charge in [0.2, 0.25) is 0 Å². The van der Waals surface area contributed by atoms with Crippen LogP contribution in [-0.4, -0.2) is 15.0 Å². The Hall–Kier alpha value is -4.11. The van der Waals surface area contributed by atoms with Crippen LogP contribution in [-0.2, 0) is 0 Å². The Bertz CT molecular complexity index is 1310. The number of hydrogen-bond acceptors (Lipinski definition) is 5. The first-order valence-electron chi connectivity index (χ1n) is 10.1. The number of non-ortho nitro benzene ring substituents is 1. The van der Waals surface area contributed by atoms with Crippen LogP contribution in [0.5, 0.6) is 0 Å². The fourth-order valence-corrected chi connectivity index (χ4v) is 4.28. The van der Waals surface area contributed by atoms with Crippen molar-refractivity contribution in [3.05, 3.63) is 112 Å². The van der Waals surface area contributed by atoms with Crippen LogP contribution in [0.15, 0.2) is 89.5 Å². The highest BCUT2D eigenvalue weighted by atomic mass is 32.1. The number of hydrogen-bond donors (Lipinski definition) is 1. The summed E-state index contributed by atoms with van der Waals surface area (Å²) in [7, 11) is 0. The van der Waals surface area contributed by atoms with E-state index in [1.54, 1.807) is 30.5 Å². The van der Waals surface area contributed by atoms with Gasteiger partial charge in [-0.1, -0.05) is 6.07 Å². The van der Waals surface area contributed by atoms with E-state index in [-0.39, 0.29) is 23.6 Å². The van der Waals surface area contributed by atoms with Crippen LogP contribution < -0.4 is 10.2 Å². The lowest BCUT2D eigenvalue weighted by molar-refractivity contribution is -0.384. The second kappa shape index (κ2) is 8.44. The van der Waals surface area contributed by atoms with Crippen molar-refractivity contribution in [3.8, 4) is 11.3 Å². The van der Waals surface area contributed by atoms with E-state index in [2.05, 4.69) is 10.3 Å². The lowest BCUT2D eigenvalue weighted by atomic mass is 10.0. The summed E-state index contributed by atoms with van der Waals surface area (Å²) in [6.45, 7) is 0. The van der Waals surface area contributed by atoms with Crippen LogP contribution in [0.4, 0.5) is 15.8 Å². The highest BCUT2D eigenvalue weighted by Crippen LogP contribution is 2.42. The van der Waals surface area contributed by atoms with E-state index in [4.69, 9.17) is 16.6 Å². The molecule has 33 heavy (non-hydrogen) atoms. The molecule has 1 aliphatic heterocycles. The van der Waals surface area contributed by atoms with Gasteiger partial charge in [0, 0.05) is 29.6 Å². The molecule has 0 bridgehead atoms. The van der Waals surface area contributed by atoms with Gasteiger partial charge in [0.25, 0.3) is 5.69 Å². The Morgan fingerprint density at radius 2 is 1.79 bits per heavy atom. The van der Waals surface area contributed by atoms with Crippen LogP contribution in [0, 0.1) is 15.9 Å². The number of nitrogens with one attached hydrogen (secondary N) is 1. The number of nitrogens with zero attached hydrogens (tertiary/aromatic N) is 3. The summed E-state index contributed by atoms with van der Waals surface area (Å²) in [5, 5.41) is 14.7. The molecule has 2 aromatic carbocycles. The maximum absolute atomic E-state index is 13.6. The van der Waals surface area contributed by atoms with Crippen molar-refractivity contribution in [1.82, 2.24) is 10.3 Å². The van der Waals surface area contributed by atoms with Crippen molar-refractivity contribution >= 4 is 28.7 Å². The number of pyridine rings is 1. The fraction of sp³-hybridized carbons (Fsp3) is 0.0833. The average molecular weight is 460 g/mol. The number of halogens is 1. The Morgan fingerprint density at radius 3 is 2.45 bits per heavy atom. The first kappa shape index (κ1) is 20.8. The molecule has 4 aromatic rings. The number of anilines is 1. The summed E-state index contributed by atoms with van der Waals surface area (Å²) in [4.78, 5) is 16.9. The molecule has 2 atom stereocenters. The average Bonchev–Trinajstić information content (AvgIpc) is 3.45. The molecule has 0 amide bonds. The van der Waals surface area contributed by atoms with Crippen LogP contribution in [0.1, 0.15) is 23.5 Å². The zero-order valence-corrected chi connectivity index (χ0v) is 17.9. The third-order valence-electron chi connectivity index (χ3n) is 5.48. The van der Waals surface area contributed by atoms with Crippen molar-refractivity contribution in [2.24, 2.45) is 0 Å². The molecule has 1 aliphatic rings. The highest BCUT2D eigenvalue weighted by molar-refractivity contribution is 7.80. The number of benzene rings is 2. The van der Waals surface area contributed by atoms with Crippen LogP contribution in [0.2, 0.25) is 0 Å². The largest absolute Gasteiger partial charge is 0.459 e. The number of aromatic nitrogens is 1. The Kier molecular flexibility index (Phi) is 5.31. The summed E-state index contributed by atoms with van der Waals surface area (Å²) in [5.74, 6) is 0.848. The number of thiocarbonyl (C=S) groups is 1. The van der Waals surface area contributed by atoms with Crippen LogP contribution in [0.3, 0.4) is 0 Å². The van der Waals surface area contributed by atoms with E-state index in [0.29, 0.717) is 27.9 Å². The fourth-order valence-electron chi connectivity index (χ4n) is 3.94. The third kappa shape index (κ3) is 3.94. The number of nitro groups is 1. The van der Waals surface area contributed by atoms with E-state index < -0.39 is 4.92 Å². The van der Waals surface area contributed by atoms with E-state index >= 15 is 0 Å². The molecular formula is C24H17FN4O3S. The number of rotatable bonds is 5. The van der Waals surface area contributed by atoms with Gasteiger partial charge in [0.05, 0.1) is 16.7 Å². The van der Waals surface area contributed by atoms with Crippen molar-refractivity contribution in [1.29, 1.82) is 0 Å². The van der Waals surface area contributed by atoms with Gasteiger partial charge in [0.15, 0.2) is 5.11 Å². The molecule has 0 radical (unpaired) electrons. The molecule has 0 aliphatic carbocycles. The summed E-state index contributed by atoms with van der Waals surface area (Å²) in [5.41, 5.74) is 2.21. The quantitative estimate of drug-likeness (QED) is 0.237. The number of nitro benzene ring substituents is 1. The Balaban J connectivity index is 1.56. The van der Waals surface area contributed by atoms with Crippen molar-refractivity contribution < 1.29 is 13.7 Å². The van der Waals surface area contributed by atoms with E-state index in [9.17, 15) is 14.5 Å². The molecule has 164 valence electrons. The monoisotopic (exact) mass is 460 g/mol. The first-order valence-corrected chi connectivity index (χ1v) is 10.5. The Morgan fingerprint density at radius 1 is 1.03 bits per heavy atom. The van der Waals surface area contributed by atoms with Gasteiger partial charge in [-0.15, -0.1) is 0 Å². The zero-order chi connectivity index (χ0) is 22.9. The Labute approximate surface area is 193 Å². The summed E-state index contributed by atoms with van der Waals surface area (Å²) < 4.78 is 19.8. The lowest BCUT2D eigenvalue weighted by Crippen LogP contribution is -2.29. The highest BCUT2D eigenvalue weighted by Gasteiger charge is 2.42. The minimum Gasteiger partial charge on any atom is -0.459 e. The van der Waals surface area contributed by atoms with E-state index in [0.717, 1.165) is 5.69 Å². The van der Waals surface area contributed by atoms with Gasteiger partial charge >= 0.3 is 0 Å². The van der Waals surface area contributed by atoms with Crippen molar-refractivity contribution in [2.45, 2.75) is 12.1 Å². The SMILES string of the molecule is O=[N+]([O-])c1ccc(-c2ccc([C@H]3[C@@H](c4ccccn4)NC(=S)N3c3ccc(F)cc3)o2)cc1. The summed E-state index contributed by atoms with van der Waals surface area (Å²) in [6, 6.07) is 20.9. The maximum atomic E-state index is 13.6. The minimum absolute atomic E-state index is 0.00794. The molecule has 2 aromatic heterocycles. The first-order chi connectivity index (χ1) is 16.0. The van der Waals surface area contributed by atoms with E-state index in [1.807, 2.05) is 35.2 Å². The van der Waals surface area contributed by atoms with Gasteiger partial charge in [-0.3, -0.25) is 15.1 Å². The minimum atomic E-state index is -0.444. The molecule has 3 heterocycles. The molecule has 0 saturated carbocycles. The molecular weight excluding hydrogens is 443 g/mol. The molecule has 5 rings (SSSR count). The van der Waals surface area contributed by atoms with Crippen LogP contribution in [0.25, 0.3) is 11.3 Å². The topological polar surface area (TPSA) is 84.4 Å². The molecule has 7 nitrogen and oxygen atoms in total. The van der Waals surface area contributed by atoms with Gasteiger partial charge in [-0.25, -0.2) is 4.39 Å². The standard InChI is InChI=1S/C24H17FN4O3S/c25-16-6-10-17(11-7-16)28-23(22(27-24(28)33)19-3-1-2-14-26-19)21-13-12-20(32-21)15-4-8-18(9-5-15)29(30)31/h1-14,22-23H,(H,27,33)/t22-,23+/m1/s1. The summed E-state index contributed by atoms with van der Waals surface area (Å²) >= 11 is 5.64. The van der Waals surface area contributed by atoms with Gasteiger partial charge in [-0.2, -0.15) is 0 Å². The van der Waals surface area contributed by atoms with Crippen molar-refractivity contribution in [3.63, 3.8) is 0 Å². The van der Waals surface area contributed by atoms with Gasteiger partial charge in [0.1, 0.15) is 23.4 Å². The third-order valence-corrected chi connectivity index (χ3v) is 5.80. The molecule has 9 heteroatoms. The smallest absolute Gasteiger partial charge is 0.269 e. The number of furan rings is 1. The molecule has 1 fully saturated rings. The molecule has 0 spiro atoms. The second-order valence-corrected chi connectivity index (χ2v) is 7.87. The predicted octanol–water partition coefficient (Wildman–Crippen LogP) is 5.57. The van der Waals surface area contributed by atoms with E-state index in [1.165, 1.54) is 24.3 Å². The van der Waals surface area contributed by atoms with Crippen LogP contribution >= 0.6 is 12.2 Å². The van der Waals surface area contributed by atoms with Gasteiger partial charge < -0.3 is 14.6 Å². The zero-order valence-electron chi connectivity index (χ0n) is 17.1.